The monoisotopic (exact) mass is 318 g/mol. The number of hydrogen-bond acceptors (Lipinski definition) is 5. The van der Waals surface area contributed by atoms with E-state index in [1.165, 1.54) is 0 Å². The zero-order chi connectivity index (χ0) is 15.9. The number of urea groups is 1. The maximum atomic E-state index is 11.9. The zero-order valence-electron chi connectivity index (χ0n) is 13.7. The number of amides is 2. The van der Waals surface area contributed by atoms with Crippen molar-refractivity contribution in [3.8, 4) is 0 Å². The molecule has 0 unspecified atom stereocenters. The molecule has 2 aliphatic heterocycles. The molecule has 0 radical (unpaired) electrons. The van der Waals surface area contributed by atoms with Crippen molar-refractivity contribution in [3.05, 3.63) is 18.5 Å². The van der Waals surface area contributed by atoms with E-state index in [0.717, 1.165) is 77.6 Å². The molecule has 0 atom stereocenters. The molecule has 7 heteroatoms. The second kappa shape index (κ2) is 8.10. The van der Waals surface area contributed by atoms with Crippen LogP contribution in [0.15, 0.2) is 18.5 Å². The van der Waals surface area contributed by atoms with Crippen LogP contribution in [0.1, 0.15) is 19.3 Å². The van der Waals surface area contributed by atoms with E-state index in [-0.39, 0.29) is 6.03 Å². The van der Waals surface area contributed by atoms with Crippen LogP contribution in [-0.2, 0) is 0 Å². The van der Waals surface area contributed by atoms with Crippen LogP contribution in [0.3, 0.4) is 0 Å². The van der Waals surface area contributed by atoms with Gasteiger partial charge in [0.25, 0.3) is 0 Å². The summed E-state index contributed by atoms with van der Waals surface area (Å²) in [5, 5.41) is 3.03. The van der Waals surface area contributed by atoms with Gasteiger partial charge in [0, 0.05) is 58.2 Å². The van der Waals surface area contributed by atoms with E-state index in [1.54, 1.807) is 12.4 Å². The second-order valence-electron chi connectivity index (χ2n) is 6.16. The van der Waals surface area contributed by atoms with Crippen molar-refractivity contribution in [1.29, 1.82) is 0 Å². The van der Waals surface area contributed by atoms with Crippen molar-refractivity contribution < 1.29 is 4.79 Å². The summed E-state index contributed by atoms with van der Waals surface area (Å²) >= 11 is 0. The van der Waals surface area contributed by atoms with Crippen molar-refractivity contribution >= 4 is 12.0 Å². The van der Waals surface area contributed by atoms with Gasteiger partial charge in [-0.3, -0.25) is 4.90 Å². The summed E-state index contributed by atoms with van der Waals surface area (Å²) in [5.41, 5.74) is 0. The third kappa shape index (κ3) is 4.54. The summed E-state index contributed by atoms with van der Waals surface area (Å²) < 4.78 is 0. The molecule has 7 nitrogen and oxygen atoms in total. The fourth-order valence-corrected chi connectivity index (χ4v) is 3.16. The maximum Gasteiger partial charge on any atom is 0.317 e. The highest BCUT2D eigenvalue weighted by molar-refractivity contribution is 5.74. The lowest BCUT2D eigenvalue weighted by atomic mass is 10.3. The first-order chi connectivity index (χ1) is 11.3. The SMILES string of the molecule is O=C(NCCCN1CCN(c2ncccn2)CC1)N1CCCC1. The minimum absolute atomic E-state index is 0.105. The van der Waals surface area contributed by atoms with Crippen molar-refractivity contribution in [3.63, 3.8) is 0 Å². The summed E-state index contributed by atoms with van der Waals surface area (Å²) in [6, 6.07) is 1.95. The molecule has 2 aliphatic rings. The molecule has 2 saturated heterocycles. The predicted octanol–water partition coefficient (Wildman–Crippen LogP) is 0.794. The van der Waals surface area contributed by atoms with Gasteiger partial charge >= 0.3 is 6.03 Å². The van der Waals surface area contributed by atoms with Crippen molar-refractivity contribution in [2.75, 3.05) is 57.3 Å². The number of anilines is 1. The van der Waals surface area contributed by atoms with Crippen LogP contribution in [-0.4, -0.2) is 78.2 Å². The number of carbonyl (C=O) groups is 1. The van der Waals surface area contributed by atoms with Gasteiger partial charge in [0.05, 0.1) is 0 Å². The Hall–Kier alpha value is -1.89. The van der Waals surface area contributed by atoms with Gasteiger partial charge in [-0.1, -0.05) is 0 Å². The molecule has 3 heterocycles. The minimum Gasteiger partial charge on any atom is -0.338 e. The van der Waals surface area contributed by atoms with Crippen LogP contribution < -0.4 is 10.2 Å². The molecule has 0 spiro atoms. The average molecular weight is 318 g/mol. The molecule has 23 heavy (non-hydrogen) atoms. The molecule has 0 aromatic carbocycles. The molecule has 0 bridgehead atoms. The number of nitrogens with one attached hydrogen (secondary N) is 1. The molecule has 1 aromatic rings. The Balaban J connectivity index is 1.29. The van der Waals surface area contributed by atoms with Crippen LogP contribution in [0.5, 0.6) is 0 Å². The normalized spacial score (nSPS) is 19.1. The Labute approximate surface area is 137 Å². The van der Waals surface area contributed by atoms with Crippen molar-refractivity contribution in [2.45, 2.75) is 19.3 Å². The van der Waals surface area contributed by atoms with E-state index in [4.69, 9.17) is 0 Å². The lowest BCUT2D eigenvalue weighted by Gasteiger charge is -2.34. The standard InChI is InChI=1S/C16H26N6O/c23-16(22-9-1-2-10-22)19-7-4-8-20-11-13-21(14-12-20)15-17-5-3-6-18-15/h3,5-6H,1-2,4,7-14H2,(H,19,23). The van der Waals surface area contributed by atoms with Crippen LogP contribution in [0.2, 0.25) is 0 Å². The molecule has 1 aromatic heterocycles. The van der Waals surface area contributed by atoms with Gasteiger partial charge in [-0.15, -0.1) is 0 Å². The molecule has 0 saturated carbocycles. The second-order valence-corrected chi connectivity index (χ2v) is 6.16. The van der Waals surface area contributed by atoms with E-state index in [0.29, 0.717) is 0 Å². The highest BCUT2D eigenvalue weighted by atomic mass is 16.2. The predicted molar refractivity (Wildman–Crippen MR) is 89.5 cm³/mol. The van der Waals surface area contributed by atoms with Gasteiger partial charge < -0.3 is 15.1 Å². The molecule has 0 aliphatic carbocycles. The van der Waals surface area contributed by atoms with Gasteiger partial charge in [0.15, 0.2) is 0 Å². The van der Waals surface area contributed by atoms with E-state index in [2.05, 4.69) is 25.1 Å². The Bertz CT molecular complexity index is 483. The number of nitrogens with zero attached hydrogens (tertiary/aromatic N) is 5. The van der Waals surface area contributed by atoms with Gasteiger partial charge in [0.2, 0.25) is 5.95 Å². The zero-order valence-corrected chi connectivity index (χ0v) is 13.7. The quantitative estimate of drug-likeness (QED) is 0.814. The third-order valence-electron chi connectivity index (χ3n) is 4.53. The summed E-state index contributed by atoms with van der Waals surface area (Å²) in [5.74, 6) is 0.824. The topological polar surface area (TPSA) is 64.6 Å². The first-order valence-electron chi connectivity index (χ1n) is 8.60. The molecular formula is C16H26N6O. The maximum absolute atomic E-state index is 11.9. The van der Waals surface area contributed by atoms with Gasteiger partial charge in [-0.2, -0.15) is 0 Å². The number of piperazine rings is 1. The first kappa shape index (κ1) is 16.0. The number of rotatable bonds is 5. The van der Waals surface area contributed by atoms with Gasteiger partial charge in [-0.25, -0.2) is 14.8 Å². The fraction of sp³-hybridized carbons (Fsp3) is 0.688. The third-order valence-corrected chi connectivity index (χ3v) is 4.53. The molecule has 2 amide bonds. The Morgan fingerprint density at radius 3 is 2.43 bits per heavy atom. The first-order valence-corrected chi connectivity index (χ1v) is 8.60. The Morgan fingerprint density at radius 1 is 1.04 bits per heavy atom. The Kier molecular flexibility index (Phi) is 5.63. The summed E-state index contributed by atoms with van der Waals surface area (Å²) in [4.78, 5) is 27.1. The van der Waals surface area contributed by atoms with E-state index >= 15 is 0 Å². The Morgan fingerprint density at radius 2 is 1.74 bits per heavy atom. The number of likely N-dealkylation sites (tertiary alicyclic amines) is 1. The molecule has 1 N–H and O–H groups in total. The molecule has 3 rings (SSSR count). The fourth-order valence-electron chi connectivity index (χ4n) is 3.16. The van der Waals surface area contributed by atoms with Crippen LogP contribution in [0.4, 0.5) is 10.7 Å². The average Bonchev–Trinajstić information content (AvgIpc) is 3.15. The van der Waals surface area contributed by atoms with E-state index in [9.17, 15) is 4.79 Å². The summed E-state index contributed by atoms with van der Waals surface area (Å²) in [7, 11) is 0. The smallest absolute Gasteiger partial charge is 0.317 e. The highest BCUT2D eigenvalue weighted by Gasteiger charge is 2.19. The van der Waals surface area contributed by atoms with Crippen LogP contribution in [0.25, 0.3) is 0 Å². The van der Waals surface area contributed by atoms with E-state index in [1.807, 2.05) is 11.0 Å². The van der Waals surface area contributed by atoms with Crippen LogP contribution in [0, 0.1) is 0 Å². The van der Waals surface area contributed by atoms with Crippen molar-refractivity contribution in [1.82, 2.24) is 25.1 Å². The lowest BCUT2D eigenvalue weighted by molar-refractivity contribution is 0.206. The highest BCUT2D eigenvalue weighted by Crippen LogP contribution is 2.10. The number of carbonyl (C=O) groups excluding carboxylic acids is 1. The summed E-state index contributed by atoms with van der Waals surface area (Å²) in [6.07, 6.45) is 6.86. The number of hydrogen-bond donors (Lipinski definition) is 1. The lowest BCUT2D eigenvalue weighted by Crippen LogP contribution is -2.47. The minimum atomic E-state index is 0.105. The number of aromatic nitrogens is 2. The van der Waals surface area contributed by atoms with Crippen molar-refractivity contribution in [2.24, 2.45) is 0 Å². The van der Waals surface area contributed by atoms with E-state index < -0.39 is 0 Å². The van der Waals surface area contributed by atoms with Gasteiger partial charge in [0.1, 0.15) is 0 Å². The molecule has 2 fully saturated rings. The molecule has 126 valence electrons. The molecular weight excluding hydrogens is 292 g/mol. The summed E-state index contributed by atoms with van der Waals surface area (Å²) in [6.45, 7) is 7.59. The van der Waals surface area contributed by atoms with Gasteiger partial charge in [-0.05, 0) is 31.9 Å². The van der Waals surface area contributed by atoms with Crippen LogP contribution >= 0.6 is 0 Å². The largest absolute Gasteiger partial charge is 0.338 e.